The standard InChI is InChI=1S/C16H24BrNO3/c1-2-3-18-13(19)9-21-14(20)15-5-11-4-12(6-15)8-16(17,7-11)10-15/h11-12H,2-10H2,1H3,(H,18,19)/t11-,12-,15?,16?/m0/s1. The zero-order valence-corrected chi connectivity index (χ0v) is 14.2. The summed E-state index contributed by atoms with van der Waals surface area (Å²) in [5.41, 5.74) is -0.335. The van der Waals surface area contributed by atoms with E-state index in [9.17, 15) is 9.59 Å². The fraction of sp³-hybridized carbons (Fsp3) is 0.875. The number of halogens is 1. The molecule has 0 spiro atoms. The van der Waals surface area contributed by atoms with Crippen molar-refractivity contribution in [2.45, 2.75) is 56.2 Å². The fourth-order valence-corrected chi connectivity index (χ4v) is 6.44. The molecule has 4 bridgehead atoms. The van der Waals surface area contributed by atoms with Gasteiger partial charge in [-0.3, -0.25) is 9.59 Å². The summed E-state index contributed by atoms with van der Waals surface area (Å²) < 4.78 is 5.50. The highest BCUT2D eigenvalue weighted by Crippen LogP contribution is 2.64. The highest BCUT2D eigenvalue weighted by Gasteiger charge is 2.60. The van der Waals surface area contributed by atoms with Crippen molar-refractivity contribution >= 4 is 27.8 Å². The van der Waals surface area contributed by atoms with Crippen LogP contribution in [0, 0.1) is 17.3 Å². The molecule has 4 saturated carbocycles. The molecule has 0 unspecified atom stereocenters. The van der Waals surface area contributed by atoms with E-state index in [0.717, 1.165) is 25.7 Å². The van der Waals surface area contributed by atoms with Gasteiger partial charge in [-0.2, -0.15) is 0 Å². The van der Waals surface area contributed by atoms with Crippen LogP contribution in [0.5, 0.6) is 0 Å². The maximum atomic E-state index is 12.6. The first kappa shape index (κ1) is 15.3. The van der Waals surface area contributed by atoms with Gasteiger partial charge in [0.1, 0.15) is 0 Å². The van der Waals surface area contributed by atoms with Gasteiger partial charge in [-0.1, -0.05) is 22.9 Å². The maximum Gasteiger partial charge on any atom is 0.312 e. The predicted octanol–water partition coefficient (Wildman–Crippen LogP) is 2.79. The number of amides is 1. The zero-order valence-electron chi connectivity index (χ0n) is 12.6. The number of carbonyl (C=O) groups is 2. The van der Waals surface area contributed by atoms with Crippen LogP contribution >= 0.6 is 15.9 Å². The van der Waals surface area contributed by atoms with Gasteiger partial charge in [0.05, 0.1) is 5.41 Å². The molecule has 0 radical (unpaired) electrons. The minimum Gasteiger partial charge on any atom is -0.455 e. The Balaban J connectivity index is 1.61. The van der Waals surface area contributed by atoms with E-state index in [1.807, 2.05) is 6.92 Å². The van der Waals surface area contributed by atoms with Crippen molar-refractivity contribution < 1.29 is 14.3 Å². The van der Waals surface area contributed by atoms with Gasteiger partial charge in [-0.15, -0.1) is 0 Å². The average Bonchev–Trinajstić information content (AvgIpc) is 2.39. The molecule has 0 heterocycles. The summed E-state index contributed by atoms with van der Waals surface area (Å²) in [4.78, 5) is 24.2. The monoisotopic (exact) mass is 357 g/mol. The van der Waals surface area contributed by atoms with Gasteiger partial charge in [0, 0.05) is 10.9 Å². The first-order valence-corrected chi connectivity index (χ1v) is 8.87. The van der Waals surface area contributed by atoms with Crippen molar-refractivity contribution in [2.75, 3.05) is 13.2 Å². The molecule has 4 nitrogen and oxygen atoms in total. The number of ether oxygens (including phenoxy) is 1. The molecule has 4 fully saturated rings. The molecule has 0 aromatic heterocycles. The Kier molecular flexibility index (Phi) is 4.06. The molecule has 4 aliphatic rings. The van der Waals surface area contributed by atoms with Crippen molar-refractivity contribution in [1.29, 1.82) is 0 Å². The molecule has 21 heavy (non-hydrogen) atoms. The highest BCUT2D eigenvalue weighted by atomic mass is 79.9. The van der Waals surface area contributed by atoms with Crippen LogP contribution in [-0.2, 0) is 14.3 Å². The lowest BCUT2D eigenvalue weighted by molar-refractivity contribution is -0.171. The third kappa shape index (κ3) is 2.99. The van der Waals surface area contributed by atoms with Gasteiger partial charge in [0.15, 0.2) is 6.61 Å². The van der Waals surface area contributed by atoms with Gasteiger partial charge < -0.3 is 10.1 Å². The maximum absolute atomic E-state index is 12.6. The Hall–Kier alpha value is -0.580. The van der Waals surface area contributed by atoms with E-state index in [4.69, 9.17) is 4.74 Å². The van der Waals surface area contributed by atoms with Crippen molar-refractivity contribution in [3.05, 3.63) is 0 Å². The topological polar surface area (TPSA) is 55.4 Å². The summed E-state index contributed by atoms with van der Waals surface area (Å²) in [5, 5.41) is 2.74. The first-order chi connectivity index (χ1) is 9.95. The quantitative estimate of drug-likeness (QED) is 0.607. The summed E-state index contributed by atoms with van der Waals surface area (Å²) >= 11 is 3.89. The summed E-state index contributed by atoms with van der Waals surface area (Å²) in [6.45, 7) is 2.50. The second-order valence-electron chi connectivity index (χ2n) is 7.32. The van der Waals surface area contributed by atoms with Gasteiger partial charge in [0.2, 0.25) is 0 Å². The van der Waals surface area contributed by atoms with Crippen LogP contribution in [-0.4, -0.2) is 29.4 Å². The lowest BCUT2D eigenvalue weighted by Gasteiger charge is -2.58. The molecule has 0 aliphatic heterocycles. The van der Waals surface area contributed by atoms with Crippen LogP contribution in [0.3, 0.4) is 0 Å². The summed E-state index contributed by atoms with van der Waals surface area (Å²) in [6.07, 6.45) is 7.31. The molecule has 118 valence electrons. The van der Waals surface area contributed by atoms with E-state index in [0.29, 0.717) is 18.4 Å². The largest absolute Gasteiger partial charge is 0.455 e. The highest BCUT2D eigenvalue weighted by molar-refractivity contribution is 9.10. The lowest BCUT2D eigenvalue weighted by atomic mass is 9.49. The van der Waals surface area contributed by atoms with Gasteiger partial charge >= 0.3 is 5.97 Å². The minimum absolute atomic E-state index is 0.134. The second kappa shape index (κ2) is 5.56. The number of carbonyl (C=O) groups excluding carboxylic acids is 2. The van der Waals surface area contributed by atoms with Crippen LogP contribution < -0.4 is 5.32 Å². The normalized spacial score (nSPS) is 40.1. The molecule has 4 rings (SSSR count). The van der Waals surface area contributed by atoms with Crippen molar-refractivity contribution in [3.63, 3.8) is 0 Å². The molecule has 0 aromatic rings. The van der Waals surface area contributed by atoms with Crippen LogP contribution in [0.4, 0.5) is 0 Å². The van der Waals surface area contributed by atoms with Crippen LogP contribution in [0.15, 0.2) is 0 Å². The molecular formula is C16H24BrNO3. The zero-order chi connectivity index (χ0) is 15.1. The molecule has 5 heteroatoms. The predicted molar refractivity (Wildman–Crippen MR) is 83.0 cm³/mol. The molecule has 2 atom stereocenters. The van der Waals surface area contributed by atoms with Crippen molar-refractivity contribution in [2.24, 2.45) is 17.3 Å². The number of rotatable bonds is 5. The number of alkyl halides is 1. The fourth-order valence-electron chi connectivity index (χ4n) is 4.99. The number of hydrogen-bond donors (Lipinski definition) is 1. The first-order valence-electron chi connectivity index (χ1n) is 8.08. The van der Waals surface area contributed by atoms with E-state index < -0.39 is 0 Å². The molecule has 4 aliphatic carbocycles. The van der Waals surface area contributed by atoms with E-state index in [-0.39, 0.29) is 28.2 Å². The van der Waals surface area contributed by atoms with Gasteiger partial charge in [-0.05, 0) is 56.8 Å². The number of hydrogen-bond acceptors (Lipinski definition) is 3. The number of nitrogens with one attached hydrogen (secondary N) is 1. The number of esters is 1. The van der Waals surface area contributed by atoms with E-state index in [2.05, 4.69) is 21.2 Å². The Morgan fingerprint density at radius 3 is 2.48 bits per heavy atom. The summed E-state index contributed by atoms with van der Waals surface area (Å²) in [5.74, 6) is 0.953. The van der Waals surface area contributed by atoms with Crippen LogP contribution in [0.25, 0.3) is 0 Å². The Morgan fingerprint density at radius 2 is 1.90 bits per heavy atom. The molecule has 1 amide bonds. The van der Waals surface area contributed by atoms with Crippen molar-refractivity contribution in [3.8, 4) is 0 Å². The summed E-state index contributed by atoms with van der Waals surface area (Å²) in [6, 6.07) is 0. The van der Waals surface area contributed by atoms with Gasteiger partial charge in [-0.25, -0.2) is 0 Å². The summed E-state index contributed by atoms with van der Waals surface area (Å²) in [7, 11) is 0. The third-order valence-electron chi connectivity index (χ3n) is 5.33. The Morgan fingerprint density at radius 1 is 1.24 bits per heavy atom. The minimum atomic E-state index is -0.335. The molecule has 1 N–H and O–H groups in total. The smallest absolute Gasteiger partial charge is 0.312 e. The third-order valence-corrected chi connectivity index (χ3v) is 6.26. The van der Waals surface area contributed by atoms with E-state index in [1.54, 1.807) is 0 Å². The Labute approximate surface area is 134 Å². The second-order valence-corrected chi connectivity index (χ2v) is 9.00. The van der Waals surface area contributed by atoms with Gasteiger partial charge in [0.25, 0.3) is 5.91 Å². The van der Waals surface area contributed by atoms with E-state index >= 15 is 0 Å². The average molecular weight is 358 g/mol. The van der Waals surface area contributed by atoms with Crippen molar-refractivity contribution in [1.82, 2.24) is 5.32 Å². The molecule has 0 aromatic carbocycles. The molecular weight excluding hydrogens is 334 g/mol. The SMILES string of the molecule is CCCNC(=O)COC(=O)C12C[C@@H]3C[C@H](CC(Br)(C3)C1)C2. The van der Waals surface area contributed by atoms with E-state index in [1.165, 1.54) is 19.3 Å². The van der Waals surface area contributed by atoms with Crippen LogP contribution in [0.1, 0.15) is 51.9 Å². The molecule has 0 saturated heterocycles. The lowest BCUT2D eigenvalue weighted by Crippen LogP contribution is -2.56. The van der Waals surface area contributed by atoms with Crippen LogP contribution in [0.2, 0.25) is 0 Å². The Bertz CT molecular complexity index is 437.